The number of rotatable bonds is 1. The van der Waals surface area contributed by atoms with Crippen LogP contribution >= 0.6 is 31.9 Å². The highest BCUT2D eigenvalue weighted by molar-refractivity contribution is 9.13. The van der Waals surface area contributed by atoms with E-state index in [1.165, 1.54) is 12.1 Å². The fraction of sp³-hybridized carbons (Fsp3) is 0. The lowest BCUT2D eigenvalue weighted by Gasteiger charge is -2.03. The first-order valence-electron chi connectivity index (χ1n) is 3.26. The maximum Gasteiger partial charge on any atom is 0.249 e. The topological polar surface area (TPSA) is 66.9 Å². The number of carbonyl (C=O) groups excluding carboxylic acids is 1. The Morgan fingerprint density at radius 1 is 1.38 bits per heavy atom. The Morgan fingerprint density at radius 3 is 2.46 bits per heavy atom. The van der Waals surface area contributed by atoms with Crippen LogP contribution in [0.5, 0.6) is 0 Å². The number of benzene rings is 1. The zero-order valence-electron chi connectivity index (χ0n) is 6.34. The number of halogens is 2. The van der Waals surface area contributed by atoms with Gasteiger partial charge in [0.15, 0.2) is 0 Å². The number of hydrogen-bond donors (Lipinski definition) is 1. The van der Waals surface area contributed by atoms with Gasteiger partial charge in [-0.3, -0.25) is 4.79 Å². The van der Waals surface area contributed by atoms with Gasteiger partial charge in [0.25, 0.3) is 0 Å². The predicted octanol–water partition coefficient (Wildman–Crippen LogP) is 2.18. The first kappa shape index (κ1) is 10.2. The second-order valence-corrected chi connectivity index (χ2v) is 3.85. The molecular formula is C8H4Br2N2O. The molecule has 0 aliphatic carbocycles. The predicted molar refractivity (Wildman–Crippen MR) is 55.1 cm³/mol. The van der Waals surface area contributed by atoms with E-state index in [0.29, 0.717) is 20.1 Å². The minimum absolute atomic E-state index is 0.353. The van der Waals surface area contributed by atoms with Crippen LogP contribution in [0.4, 0.5) is 0 Å². The molecule has 0 unspecified atom stereocenters. The van der Waals surface area contributed by atoms with E-state index in [9.17, 15) is 4.79 Å². The fourth-order valence-corrected chi connectivity index (χ4v) is 1.80. The molecule has 0 aliphatic heterocycles. The van der Waals surface area contributed by atoms with Gasteiger partial charge in [-0.1, -0.05) is 0 Å². The van der Waals surface area contributed by atoms with E-state index in [1.807, 2.05) is 6.07 Å². The van der Waals surface area contributed by atoms with Crippen LogP contribution in [0.15, 0.2) is 21.1 Å². The molecule has 2 N–H and O–H groups in total. The van der Waals surface area contributed by atoms with Crippen molar-refractivity contribution in [3.05, 3.63) is 32.2 Å². The normalized spacial score (nSPS) is 9.31. The van der Waals surface area contributed by atoms with Gasteiger partial charge in [-0.05, 0) is 44.0 Å². The summed E-state index contributed by atoms with van der Waals surface area (Å²) in [5.74, 6) is -0.530. The lowest BCUT2D eigenvalue weighted by atomic mass is 10.1. The van der Waals surface area contributed by atoms with E-state index in [0.717, 1.165) is 0 Å². The molecule has 0 fully saturated rings. The summed E-state index contributed by atoms with van der Waals surface area (Å²) in [7, 11) is 0. The van der Waals surface area contributed by atoms with Gasteiger partial charge in [0.05, 0.1) is 15.6 Å². The van der Waals surface area contributed by atoms with Gasteiger partial charge in [-0.15, -0.1) is 0 Å². The summed E-state index contributed by atoms with van der Waals surface area (Å²) in [6, 6.07) is 5.02. The summed E-state index contributed by atoms with van der Waals surface area (Å²) in [6.45, 7) is 0. The molecule has 1 aromatic rings. The molecule has 1 rings (SSSR count). The molecule has 0 bridgehead atoms. The van der Waals surface area contributed by atoms with Crippen molar-refractivity contribution in [1.29, 1.82) is 5.26 Å². The number of carbonyl (C=O) groups is 1. The van der Waals surface area contributed by atoms with E-state index in [2.05, 4.69) is 31.9 Å². The van der Waals surface area contributed by atoms with Crippen LogP contribution in [-0.2, 0) is 0 Å². The van der Waals surface area contributed by atoms with Gasteiger partial charge in [0.1, 0.15) is 6.07 Å². The third-order valence-corrected chi connectivity index (χ3v) is 3.65. The monoisotopic (exact) mass is 302 g/mol. The average Bonchev–Trinajstić information content (AvgIpc) is 2.09. The molecule has 13 heavy (non-hydrogen) atoms. The van der Waals surface area contributed by atoms with Crippen molar-refractivity contribution < 1.29 is 4.79 Å². The Morgan fingerprint density at radius 2 is 2.00 bits per heavy atom. The Hall–Kier alpha value is -0.860. The number of hydrogen-bond acceptors (Lipinski definition) is 2. The highest BCUT2D eigenvalue weighted by atomic mass is 79.9. The first-order valence-corrected chi connectivity index (χ1v) is 4.84. The van der Waals surface area contributed by atoms with Crippen LogP contribution in [0.2, 0.25) is 0 Å². The molecule has 66 valence electrons. The summed E-state index contributed by atoms with van der Waals surface area (Å²) in [5, 5.41) is 8.66. The molecular weight excluding hydrogens is 300 g/mol. The van der Waals surface area contributed by atoms with E-state index in [4.69, 9.17) is 11.0 Å². The van der Waals surface area contributed by atoms with E-state index in [-0.39, 0.29) is 0 Å². The third kappa shape index (κ3) is 1.90. The Labute approximate surface area is 91.8 Å². The first-order chi connectivity index (χ1) is 6.07. The van der Waals surface area contributed by atoms with Crippen LogP contribution in [0, 0.1) is 11.3 Å². The zero-order chi connectivity index (χ0) is 10.0. The summed E-state index contributed by atoms with van der Waals surface area (Å²) < 4.78 is 1.06. The van der Waals surface area contributed by atoms with Crippen molar-refractivity contribution in [2.24, 2.45) is 5.73 Å². The van der Waals surface area contributed by atoms with Gasteiger partial charge in [-0.2, -0.15) is 5.26 Å². The lowest BCUT2D eigenvalue weighted by molar-refractivity contribution is 0.0999. The van der Waals surface area contributed by atoms with Crippen LogP contribution in [-0.4, -0.2) is 5.91 Å². The number of primary amides is 1. The molecule has 0 atom stereocenters. The van der Waals surface area contributed by atoms with Gasteiger partial charge in [0.2, 0.25) is 5.91 Å². The second-order valence-electron chi connectivity index (χ2n) is 2.26. The molecule has 0 aromatic heterocycles. The van der Waals surface area contributed by atoms with Crippen LogP contribution in [0.25, 0.3) is 0 Å². The smallest absolute Gasteiger partial charge is 0.249 e. The summed E-state index contributed by atoms with van der Waals surface area (Å²) >= 11 is 6.36. The van der Waals surface area contributed by atoms with Crippen LogP contribution in [0.3, 0.4) is 0 Å². The largest absolute Gasteiger partial charge is 0.366 e. The summed E-state index contributed by atoms with van der Waals surface area (Å²) in [5.41, 5.74) is 5.91. The Bertz CT molecular complexity index is 409. The molecule has 1 aromatic carbocycles. The number of amides is 1. The van der Waals surface area contributed by atoms with Gasteiger partial charge < -0.3 is 5.73 Å². The van der Waals surface area contributed by atoms with E-state index < -0.39 is 5.91 Å². The summed E-state index contributed by atoms with van der Waals surface area (Å²) in [6.07, 6.45) is 0. The van der Waals surface area contributed by atoms with Crippen molar-refractivity contribution in [3.63, 3.8) is 0 Å². The molecule has 1 amide bonds. The summed E-state index contributed by atoms with van der Waals surface area (Å²) in [4.78, 5) is 10.9. The van der Waals surface area contributed by atoms with Gasteiger partial charge in [-0.25, -0.2) is 0 Å². The van der Waals surface area contributed by atoms with Crippen molar-refractivity contribution >= 4 is 37.8 Å². The van der Waals surface area contributed by atoms with Crippen molar-refractivity contribution in [2.45, 2.75) is 0 Å². The number of nitrogens with zero attached hydrogens (tertiary/aromatic N) is 1. The highest BCUT2D eigenvalue weighted by Gasteiger charge is 2.11. The van der Waals surface area contributed by atoms with Crippen molar-refractivity contribution in [2.75, 3.05) is 0 Å². The number of nitrogens with two attached hydrogens (primary N) is 1. The standard InChI is InChI=1S/C8H4Br2N2O/c9-6-4(3-11)1-2-5(7(6)10)8(12)13/h1-2H,(H2,12,13). The van der Waals surface area contributed by atoms with Gasteiger partial charge in [0, 0.05) is 4.47 Å². The molecule has 5 heteroatoms. The van der Waals surface area contributed by atoms with Crippen molar-refractivity contribution in [1.82, 2.24) is 0 Å². The Kier molecular flexibility index (Phi) is 3.07. The SMILES string of the molecule is N#Cc1ccc(C(N)=O)c(Br)c1Br. The lowest BCUT2D eigenvalue weighted by Crippen LogP contribution is -2.11. The minimum atomic E-state index is -0.530. The van der Waals surface area contributed by atoms with Crippen molar-refractivity contribution in [3.8, 4) is 6.07 Å². The molecule has 0 radical (unpaired) electrons. The average molecular weight is 304 g/mol. The van der Waals surface area contributed by atoms with E-state index >= 15 is 0 Å². The maximum atomic E-state index is 10.9. The highest BCUT2D eigenvalue weighted by Crippen LogP contribution is 2.29. The molecule has 0 saturated heterocycles. The quantitative estimate of drug-likeness (QED) is 0.864. The molecule has 0 aliphatic rings. The molecule has 0 saturated carbocycles. The zero-order valence-corrected chi connectivity index (χ0v) is 9.52. The van der Waals surface area contributed by atoms with Gasteiger partial charge >= 0.3 is 0 Å². The number of nitriles is 1. The third-order valence-electron chi connectivity index (χ3n) is 1.47. The minimum Gasteiger partial charge on any atom is -0.366 e. The fourth-order valence-electron chi connectivity index (χ4n) is 0.826. The Balaban J connectivity index is 3.42. The van der Waals surface area contributed by atoms with E-state index in [1.54, 1.807) is 0 Å². The van der Waals surface area contributed by atoms with Crippen LogP contribution in [0.1, 0.15) is 15.9 Å². The van der Waals surface area contributed by atoms with Crippen LogP contribution < -0.4 is 5.73 Å². The maximum absolute atomic E-state index is 10.9. The second kappa shape index (κ2) is 3.90. The molecule has 3 nitrogen and oxygen atoms in total. The molecule has 0 spiro atoms. The molecule has 0 heterocycles.